The van der Waals surface area contributed by atoms with E-state index in [0.29, 0.717) is 0 Å². The minimum atomic E-state index is -4.86. The average Bonchev–Trinajstić information content (AvgIpc) is 3.40. The lowest BCUT2D eigenvalue weighted by atomic mass is 9.92. The smallest absolute Gasteiger partial charge is 0.416 e. The summed E-state index contributed by atoms with van der Waals surface area (Å²) in [5, 5.41) is 4.25. The molecule has 4 aromatic rings. The van der Waals surface area contributed by atoms with E-state index < -0.39 is 52.8 Å². The summed E-state index contributed by atoms with van der Waals surface area (Å²) in [6.07, 6.45) is -5.42. The molecule has 3 aromatic carbocycles. The Bertz CT molecular complexity index is 1800. The van der Waals surface area contributed by atoms with Gasteiger partial charge < -0.3 is 9.57 Å². The second kappa shape index (κ2) is 11.8. The van der Waals surface area contributed by atoms with Gasteiger partial charge in [0.05, 0.1) is 29.3 Å². The minimum absolute atomic E-state index is 0.0411. The van der Waals surface area contributed by atoms with Gasteiger partial charge in [0.2, 0.25) is 0 Å². The van der Waals surface area contributed by atoms with Crippen LogP contribution in [0.15, 0.2) is 75.6 Å². The Morgan fingerprint density at radius 2 is 1.67 bits per heavy atom. The molecule has 1 aliphatic heterocycles. The second-order valence-corrected chi connectivity index (χ2v) is 10.7. The number of fused-ring (bicyclic) bond motifs is 1. The molecule has 43 heavy (non-hydrogen) atoms. The van der Waals surface area contributed by atoms with E-state index in [9.17, 15) is 22.4 Å². The van der Waals surface area contributed by atoms with Crippen LogP contribution in [0.3, 0.4) is 0 Å². The molecule has 12 heteroatoms. The van der Waals surface area contributed by atoms with Crippen molar-refractivity contribution in [2.24, 2.45) is 5.16 Å². The third kappa shape index (κ3) is 5.39. The molecule has 0 aliphatic carbocycles. The standard InChI is InChI=1S/C31H24F6N2O3S/c1-16-19(14-20-21(31(35,36)37)10-7-12-23(20)33)30-39(29(40)26(16)18-9-6-13-25(41-2)27(18)34)24(15-43-30)28(38-42-3)17-8-4-5-11-22(17)32/h4-13,24H,14-15H2,1-3H3/b38-28+. The predicted molar refractivity (Wildman–Crippen MR) is 151 cm³/mol. The first-order chi connectivity index (χ1) is 20.5. The van der Waals surface area contributed by atoms with Crippen LogP contribution in [-0.2, 0) is 17.4 Å². The number of oxime groups is 1. The molecule has 0 saturated carbocycles. The molecule has 1 aliphatic rings. The number of methoxy groups -OCH3 is 1. The van der Waals surface area contributed by atoms with Gasteiger partial charge in [0.25, 0.3) is 5.56 Å². The highest BCUT2D eigenvalue weighted by molar-refractivity contribution is 7.99. The van der Waals surface area contributed by atoms with Crippen molar-refractivity contribution in [2.45, 2.75) is 30.6 Å². The van der Waals surface area contributed by atoms with Crippen molar-refractivity contribution in [3.05, 3.63) is 116 Å². The van der Waals surface area contributed by atoms with Crippen molar-refractivity contribution in [3.8, 4) is 16.9 Å². The highest BCUT2D eigenvalue weighted by Gasteiger charge is 2.38. The summed E-state index contributed by atoms with van der Waals surface area (Å²) in [6.45, 7) is 1.48. The van der Waals surface area contributed by atoms with Gasteiger partial charge in [-0.05, 0) is 48.4 Å². The zero-order valence-electron chi connectivity index (χ0n) is 23.1. The van der Waals surface area contributed by atoms with Crippen LogP contribution in [-0.4, -0.2) is 30.3 Å². The first-order valence-corrected chi connectivity index (χ1v) is 13.9. The molecule has 0 fully saturated rings. The molecule has 1 aromatic heterocycles. The van der Waals surface area contributed by atoms with Crippen molar-refractivity contribution < 1.29 is 35.9 Å². The van der Waals surface area contributed by atoms with Gasteiger partial charge in [-0.3, -0.25) is 9.36 Å². The molecular weight excluding hydrogens is 594 g/mol. The van der Waals surface area contributed by atoms with Crippen molar-refractivity contribution in [1.29, 1.82) is 0 Å². The van der Waals surface area contributed by atoms with Crippen LogP contribution in [0.2, 0.25) is 0 Å². The van der Waals surface area contributed by atoms with Crippen molar-refractivity contribution >= 4 is 17.5 Å². The molecule has 2 heterocycles. The first kappa shape index (κ1) is 30.3. The van der Waals surface area contributed by atoms with Crippen molar-refractivity contribution in [2.75, 3.05) is 20.0 Å². The number of alkyl halides is 3. The quantitative estimate of drug-likeness (QED) is 0.122. The summed E-state index contributed by atoms with van der Waals surface area (Å²) >= 11 is 1.12. The van der Waals surface area contributed by atoms with Crippen LogP contribution in [0.25, 0.3) is 11.1 Å². The van der Waals surface area contributed by atoms with Crippen LogP contribution in [0.4, 0.5) is 26.3 Å². The normalized spacial score (nSPS) is 15.0. The Hall–Kier alpha value is -4.19. The molecular formula is C31H24F6N2O3S. The Morgan fingerprint density at radius 3 is 2.35 bits per heavy atom. The van der Waals surface area contributed by atoms with Gasteiger partial charge in [0.1, 0.15) is 24.5 Å². The summed E-state index contributed by atoms with van der Waals surface area (Å²) in [7, 11) is 2.50. The SMILES string of the molecule is CO/N=C(\c1ccccc1F)C1CSc2c(Cc3c(F)cccc3C(F)(F)F)c(C)c(-c3cccc(OC)c3F)c(=O)n21. The topological polar surface area (TPSA) is 52.8 Å². The summed E-state index contributed by atoms with van der Waals surface area (Å²) in [4.78, 5) is 19.3. The van der Waals surface area contributed by atoms with E-state index in [2.05, 4.69) is 5.16 Å². The lowest BCUT2D eigenvalue weighted by Crippen LogP contribution is -2.32. The van der Waals surface area contributed by atoms with E-state index in [0.717, 1.165) is 30.0 Å². The number of thioether (sulfide) groups is 1. The zero-order valence-corrected chi connectivity index (χ0v) is 23.9. The summed E-state index contributed by atoms with van der Waals surface area (Å²) in [5.74, 6) is -2.62. The molecule has 1 atom stereocenters. The van der Waals surface area contributed by atoms with Gasteiger partial charge in [-0.2, -0.15) is 13.2 Å². The van der Waals surface area contributed by atoms with E-state index in [1.165, 1.54) is 62.1 Å². The number of pyridine rings is 1. The van der Waals surface area contributed by atoms with Crippen molar-refractivity contribution in [3.63, 3.8) is 0 Å². The molecule has 0 amide bonds. The van der Waals surface area contributed by atoms with Gasteiger partial charge in [-0.1, -0.05) is 35.5 Å². The zero-order chi connectivity index (χ0) is 31.1. The van der Waals surface area contributed by atoms with Crippen LogP contribution in [0.1, 0.15) is 33.9 Å². The molecule has 5 nitrogen and oxygen atoms in total. The lowest BCUT2D eigenvalue weighted by molar-refractivity contribution is -0.138. The van der Waals surface area contributed by atoms with Gasteiger partial charge in [-0.25, -0.2) is 13.2 Å². The summed E-state index contributed by atoms with van der Waals surface area (Å²) in [6, 6.07) is 11.6. The Kier molecular flexibility index (Phi) is 8.33. The highest BCUT2D eigenvalue weighted by atomic mass is 32.2. The van der Waals surface area contributed by atoms with Crippen LogP contribution in [0, 0.1) is 24.4 Å². The number of nitrogens with zero attached hydrogens (tertiary/aromatic N) is 2. The molecule has 0 saturated heterocycles. The molecule has 5 rings (SSSR count). The maximum atomic E-state index is 15.6. The maximum Gasteiger partial charge on any atom is 0.416 e. The Balaban J connectivity index is 1.83. The van der Waals surface area contributed by atoms with Crippen LogP contribution in [0.5, 0.6) is 5.75 Å². The predicted octanol–water partition coefficient (Wildman–Crippen LogP) is 7.56. The molecule has 0 N–H and O–H groups in total. The van der Waals surface area contributed by atoms with Crippen molar-refractivity contribution in [1.82, 2.24) is 4.57 Å². The third-order valence-electron chi connectivity index (χ3n) is 7.31. The molecule has 0 radical (unpaired) electrons. The maximum absolute atomic E-state index is 15.6. The van der Waals surface area contributed by atoms with Gasteiger partial charge in [0, 0.05) is 28.9 Å². The van der Waals surface area contributed by atoms with E-state index in [4.69, 9.17) is 9.57 Å². The fourth-order valence-corrected chi connectivity index (χ4v) is 6.70. The number of rotatable bonds is 7. The molecule has 1 unspecified atom stereocenters. The number of ether oxygens (including phenoxy) is 1. The number of halogens is 6. The number of aromatic nitrogens is 1. The fraction of sp³-hybridized carbons (Fsp3) is 0.226. The van der Waals surface area contributed by atoms with E-state index in [1.54, 1.807) is 6.07 Å². The molecule has 0 spiro atoms. The second-order valence-electron chi connectivity index (χ2n) is 9.69. The van der Waals surface area contributed by atoms with Gasteiger partial charge in [0.15, 0.2) is 11.6 Å². The lowest BCUT2D eigenvalue weighted by Gasteiger charge is -2.22. The summed E-state index contributed by atoms with van der Waals surface area (Å²) in [5.41, 5.74) is -2.36. The highest BCUT2D eigenvalue weighted by Crippen LogP contribution is 2.43. The van der Waals surface area contributed by atoms with E-state index in [1.807, 2.05) is 0 Å². The minimum Gasteiger partial charge on any atom is -0.494 e. The average molecular weight is 619 g/mol. The fourth-order valence-electron chi connectivity index (χ4n) is 5.33. The van der Waals surface area contributed by atoms with E-state index in [-0.39, 0.29) is 50.1 Å². The molecule has 224 valence electrons. The Morgan fingerprint density at radius 1 is 0.977 bits per heavy atom. The number of benzene rings is 3. The summed E-state index contributed by atoms with van der Waals surface area (Å²) < 4.78 is 93.9. The molecule has 0 bridgehead atoms. The van der Waals surface area contributed by atoms with Gasteiger partial charge >= 0.3 is 6.18 Å². The number of hydrogen-bond donors (Lipinski definition) is 0. The largest absolute Gasteiger partial charge is 0.494 e. The van der Waals surface area contributed by atoms with Crippen LogP contribution < -0.4 is 10.3 Å². The number of hydrogen-bond acceptors (Lipinski definition) is 5. The monoisotopic (exact) mass is 618 g/mol. The van der Waals surface area contributed by atoms with Crippen LogP contribution >= 0.6 is 11.8 Å². The van der Waals surface area contributed by atoms with Gasteiger partial charge in [-0.15, -0.1) is 11.8 Å². The Labute approximate surface area is 246 Å². The first-order valence-electron chi connectivity index (χ1n) is 12.9. The van der Waals surface area contributed by atoms with E-state index >= 15 is 8.78 Å². The third-order valence-corrected chi connectivity index (χ3v) is 8.51.